The molecule has 7 nitrogen and oxygen atoms in total. The number of nitrogens with two attached hydrogens (primary N) is 1. The molecule has 1 aliphatic heterocycles. The van der Waals surface area contributed by atoms with Crippen LogP contribution in [0.25, 0.3) is 10.9 Å². The van der Waals surface area contributed by atoms with Gasteiger partial charge in [0.25, 0.3) is 0 Å². The van der Waals surface area contributed by atoms with Gasteiger partial charge >= 0.3 is 5.97 Å². The Kier molecular flexibility index (Phi) is 5.42. The van der Waals surface area contributed by atoms with Gasteiger partial charge in [-0.15, -0.1) is 0 Å². The third kappa shape index (κ3) is 3.41. The normalized spacial score (nSPS) is 13.2. The highest BCUT2D eigenvalue weighted by molar-refractivity contribution is 9.10. The summed E-state index contributed by atoms with van der Waals surface area (Å²) < 4.78 is 13.8. The van der Waals surface area contributed by atoms with E-state index in [2.05, 4.69) is 25.4 Å². The number of ether oxygens (including phenoxy) is 2. The van der Waals surface area contributed by atoms with Crippen LogP contribution >= 0.6 is 15.9 Å². The van der Waals surface area contributed by atoms with E-state index in [9.17, 15) is 9.59 Å². The van der Waals surface area contributed by atoms with E-state index in [-0.39, 0.29) is 5.97 Å². The van der Waals surface area contributed by atoms with Crippen molar-refractivity contribution in [1.29, 1.82) is 0 Å². The number of hydrogen-bond acceptors (Lipinski definition) is 5. The van der Waals surface area contributed by atoms with E-state index < -0.39 is 5.91 Å². The van der Waals surface area contributed by atoms with Gasteiger partial charge in [-0.25, -0.2) is 4.79 Å². The minimum Gasteiger partial charge on any atom is -0.496 e. The maximum atomic E-state index is 12.9. The Labute approximate surface area is 182 Å². The third-order valence-corrected chi connectivity index (χ3v) is 5.97. The molecule has 1 aliphatic rings. The number of esters is 1. The summed E-state index contributed by atoms with van der Waals surface area (Å²) in [5.41, 5.74) is 9.16. The fourth-order valence-corrected chi connectivity index (χ4v) is 4.46. The summed E-state index contributed by atoms with van der Waals surface area (Å²) in [5.74, 6) is -0.164. The van der Waals surface area contributed by atoms with E-state index in [0.29, 0.717) is 36.6 Å². The van der Waals surface area contributed by atoms with Crippen molar-refractivity contribution >= 4 is 44.4 Å². The molecule has 0 saturated carbocycles. The third-order valence-electron chi connectivity index (χ3n) is 5.35. The number of rotatable bonds is 5. The molecule has 156 valence electrons. The highest BCUT2D eigenvalue weighted by Gasteiger charge is 2.29. The molecule has 0 radical (unpaired) electrons. The molecule has 0 saturated heterocycles. The Morgan fingerprint density at radius 3 is 2.70 bits per heavy atom. The number of benzene rings is 2. The smallest absolute Gasteiger partial charge is 0.340 e. The standard InChI is InChI=1S/C22H22BrN3O4/c1-3-30-22(28)20-15-10-19(29-2)16(23)11-17(15)26-8-7-25(12-18(20)26)14-6-4-5-13(9-14)21(24)27/h4-6,9-11H,3,7-8,12H2,1-2H3,(H2,24,27). The van der Waals surface area contributed by atoms with Crippen LogP contribution in [0.2, 0.25) is 0 Å². The summed E-state index contributed by atoms with van der Waals surface area (Å²) in [6, 6.07) is 11.1. The van der Waals surface area contributed by atoms with Crippen molar-refractivity contribution in [3.63, 3.8) is 0 Å². The number of fused-ring (bicyclic) bond motifs is 3. The van der Waals surface area contributed by atoms with Crippen LogP contribution in [0.15, 0.2) is 40.9 Å². The molecule has 0 atom stereocenters. The van der Waals surface area contributed by atoms with Crippen LogP contribution in [0.5, 0.6) is 5.75 Å². The zero-order valence-corrected chi connectivity index (χ0v) is 18.4. The van der Waals surface area contributed by atoms with Crippen molar-refractivity contribution < 1.29 is 19.1 Å². The predicted octanol–water partition coefficient (Wildman–Crippen LogP) is 3.71. The zero-order chi connectivity index (χ0) is 21.4. The lowest BCUT2D eigenvalue weighted by Crippen LogP contribution is -2.34. The van der Waals surface area contributed by atoms with Crippen LogP contribution in [-0.4, -0.2) is 36.7 Å². The SMILES string of the molecule is CCOC(=O)c1c2n(c3cc(Br)c(OC)cc13)CCN(c1cccc(C(N)=O)c1)C2. The fraction of sp³-hybridized carbons (Fsp3) is 0.273. The molecule has 0 aliphatic carbocycles. The van der Waals surface area contributed by atoms with Crippen LogP contribution in [-0.2, 0) is 17.8 Å². The summed E-state index contributed by atoms with van der Waals surface area (Å²) in [4.78, 5) is 26.6. The zero-order valence-electron chi connectivity index (χ0n) is 16.8. The second-order valence-corrected chi connectivity index (χ2v) is 7.89. The lowest BCUT2D eigenvalue weighted by molar-refractivity contribution is 0.0526. The summed E-state index contributed by atoms with van der Waals surface area (Å²) in [6.45, 7) is 4.01. The largest absolute Gasteiger partial charge is 0.496 e. The van der Waals surface area contributed by atoms with Gasteiger partial charge in [0.2, 0.25) is 5.91 Å². The molecule has 0 fully saturated rings. The van der Waals surface area contributed by atoms with Crippen molar-refractivity contribution in [2.24, 2.45) is 5.73 Å². The first-order valence-corrected chi connectivity index (χ1v) is 10.4. The Morgan fingerprint density at radius 1 is 1.20 bits per heavy atom. The van der Waals surface area contributed by atoms with Gasteiger partial charge in [0.15, 0.2) is 0 Å². The van der Waals surface area contributed by atoms with Crippen molar-refractivity contribution in [1.82, 2.24) is 4.57 Å². The maximum absolute atomic E-state index is 12.9. The average molecular weight is 472 g/mol. The molecule has 2 aromatic carbocycles. The van der Waals surface area contributed by atoms with Gasteiger partial charge in [-0.05, 0) is 53.2 Å². The first kappa shape index (κ1) is 20.3. The Balaban J connectivity index is 1.84. The lowest BCUT2D eigenvalue weighted by Gasteiger charge is -2.31. The molecule has 8 heteroatoms. The Hall–Kier alpha value is -3.00. The fourth-order valence-electron chi connectivity index (χ4n) is 3.97. The van der Waals surface area contributed by atoms with Crippen molar-refractivity contribution in [2.75, 3.05) is 25.2 Å². The molecular weight excluding hydrogens is 450 g/mol. The topological polar surface area (TPSA) is 86.8 Å². The van der Waals surface area contributed by atoms with Crippen LogP contribution in [0, 0.1) is 0 Å². The van der Waals surface area contributed by atoms with E-state index in [1.807, 2.05) is 24.3 Å². The number of methoxy groups -OCH3 is 1. The van der Waals surface area contributed by atoms with E-state index in [1.54, 1.807) is 26.2 Å². The van der Waals surface area contributed by atoms with Crippen molar-refractivity contribution in [2.45, 2.75) is 20.0 Å². The average Bonchev–Trinajstić information content (AvgIpc) is 3.05. The maximum Gasteiger partial charge on any atom is 0.340 e. The van der Waals surface area contributed by atoms with Gasteiger partial charge in [-0.2, -0.15) is 0 Å². The monoisotopic (exact) mass is 471 g/mol. The van der Waals surface area contributed by atoms with E-state index in [4.69, 9.17) is 15.2 Å². The van der Waals surface area contributed by atoms with Crippen LogP contribution in [0.1, 0.15) is 33.3 Å². The van der Waals surface area contributed by atoms with Crippen molar-refractivity contribution in [3.05, 3.63) is 57.7 Å². The quantitative estimate of drug-likeness (QED) is 0.573. The number of amides is 1. The number of halogens is 1. The van der Waals surface area contributed by atoms with Gasteiger partial charge in [-0.1, -0.05) is 6.07 Å². The number of hydrogen-bond donors (Lipinski definition) is 1. The van der Waals surface area contributed by atoms with Crippen molar-refractivity contribution in [3.8, 4) is 5.75 Å². The molecule has 4 rings (SSSR count). The van der Waals surface area contributed by atoms with Crippen LogP contribution in [0.4, 0.5) is 5.69 Å². The first-order valence-electron chi connectivity index (χ1n) is 9.65. The molecule has 2 N–H and O–H groups in total. The minimum absolute atomic E-state index is 0.295. The van der Waals surface area contributed by atoms with Gasteiger partial charge in [-0.3, -0.25) is 4.79 Å². The highest BCUT2D eigenvalue weighted by Crippen LogP contribution is 2.37. The number of nitrogens with zero attached hydrogens (tertiary/aromatic N) is 2. The molecule has 3 aromatic rings. The van der Waals surface area contributed by atoms with Gasteiger partial charge in [0.05, 0.1) is 41.5 Å². The molecule has 1 amide bonds. The Bertz CT molecular complexity index is 1150. The highest BCUT2D eigenvalue weighted by atomic mass is 79.9. The van der Waals surface area contributed by atoms with E-state index >= 15 is 0 Å². The van der Waals surface area contributed by atoms with Gasteiger partial charge < -0.3 is 24.7 Å². The molecule has 30 heavy (non-hydrogen) atoms. The number of carbonyl (C=O) groups excluding carboxylic acids is 2. The molecule has 0 unspecified atom stereocenters. The molecule has 2 heterocycles. The molecule has 0 spiro atoms. The number of anilines is 1. The lowest BCUT2D eigenvalue weighted by atomic mass is 10.1. The summed E-state index contributed by atoms with van der Waals surface area (Å²) in [5, 5.41) is 0.802. The molecular formula is C22H22BrN3O4. The molecule has 1 aromatic heterocycles. The first-order chi connectivity index (χ1) is 14.4. The minimum atomic E-state index is -0.466. The van der Waals surface area contributed by atoms with Gasteiger partial charge in [0.1, 0.15) is 5.75 Å². The number of primary amides is 1. The Morgan fingerprint density at radius 2 is 2.00 bits per heavy atom. The second-order valence-electron chi connectivity index (χ2n) is 7.03. The second kappa shape index (κ2) is 8.02. The van der Waals surface area contributed by atoms with Crippen LogP contribution in [0.3, 0.4) is 0 Å². The number of aromatic nitrogens is 1. The molecule has 0 bridgehead atoms. The summed E-state index contributed by atoms with van der Waals surface area (Å²) in [7, 11) is 1.60. The summed E-state index contributed by atoms with van der Waals surface area (Å²) >= 11 is 3.54. The summed E-state index contributed by atoms with van der Waals surface area (Å²) in [6.07, 6.45) is 0. The number of carbonyl (C=O) groups is 2. The van der Waals surface area contributed by atoms with E-state index in [0.717, 1.165) is 33.3 Å². The van der Waals surface area contributed by atoms with E-state index in [1.165, 1.54) is 0 Å². The van der Waals surface area contributed by atoms with Crippen LogP contribution < -0.4 is 15.4 Å². The predicted molar refractivity (Wildman–Crippen MR) is 118 cm³/mol. The van der Waals surface area contributed by atoms with Gasteiger partial charge in [0, 0.05) is 29.7 Å².